The zero-order chi connectivity index (χ0) is 11.6. The van der Waals surface area contributed by atoms with Gasteiger partial charge in [0.05, 0.1) is 11.1 Å². The quantitative estimate of drug-likeness (QED) is 0.817. The van der Waals surface area contributed by atoms with Crippen molar-refractivity contribution in [1.29, 1.82) is 5.26 Å². The Kier molecular flexibility index (Phi) is 3.00. The Morgan fingerprint density at radius 1 is 1.53 bits per heavy atom. The second kappa shape index (κ2) is 4.05. The molecule has 0 aliphatic carbocycles. The van der Waals surface area contributed by atoms with Crippen molar-refractivity contribution in [2.24, 2.45) is 0 Å². The predicted molar refractivity (Wildman–Crippen MR) is 47.8 cm³/mol. The van der Waals surface area contributed by atoms with E-state index >= 15 is 0 Å². The summed E-state index contributed by atoms with van der Waals surface area (Å²) in [4.78, 5) is 10.7. The van der Waals surface area contributed by atoms with Crippen LogP contribution in [0.25, 0.3) is 0 Å². The standard InChI is InChI=1S/C10H7F2NO2/c1-5-2-6(9(11)12)3-7(4-13)8(5)10(14)15/h2-3,9H,1H3,(H,14,15). The van der Waals surface area contributed by atoms with Crippen molar-refractivity contribution in [2.75, 3.05) is 0 Å². The van der Waals surface area contributed by atoms with E-state index in [9.17, 15) is 13.6 Å². The van der Waals surface area contributed by atoms with Crippen molar-refractivity contribution in [3.8, 4) is 6.07 Å². The summed E-state index contributed by atoms with van der Waals surface area (Å²) in [6.07, 6.45) is -2.71. The molecule has 0 atom stereocenters. The lowest BCUT2D eigenvalue weighted by Crippen LogP contribution is -2.04. The molecule has 0 radical (unpaired) electrons. The van der Waals surface area contributed by atoms with Crippen molar-refractivity contribution in [3.05, 3.63) is 34.4 Å². The smallest absolute Gasteiger partial charge is 0.337 e. The second-order valence-electron chi connectivity index (χ2n) is 2.98. The lowest BCUT2D eigenvalue weighted by Gasteiger charge is -2.06. The highest BCUT2D eigenvalue weighted by Crippen LogP contribution is 2.24. The maximum Gasteiger partial charge on any atom is 0.337 e. The summed E-state index contributed by atoms with van der Waals surface area (Å²) in [5.74, 6) is -1.29. The number of carboxylic acid groups (broad SMARTS) is 1. The van der Waals surface area contributed by atoms with Gasteiger partial charge in [0.1, 0.15) is 6.07 Å². The van der Waals surface area contributed by atoms with E-state index < -0.39 is 12.4 Å². The van der Waals surface area contributed by atoms with Crippen LogP contribution in [0.15, 0.2) is 12.1 Å². The number of nitrogens with zero attached hydrogens (tertiary/aromatic N) is 1. The van der Waals surface area contributed by atoms with Crippen LogP contribution in [0, 0.1) is 18.3 Å². The molecular weight excluding hydrogens is 204 g/mol. The number of hydrogen-bond acceptors (Lipinski definition) is 2. The minimum absolute atomic E-state index is 0.164. The molecule has 0 fully saturated rings. The average Bonchev–Trinajstić information content (AvgIpc) is 2.15. The Labute approximate surface area is 84.6 Å². The third-order valence-corrected chi connectivity index (χ3v) is 1.94. The highest BCUT2D eigenvalue weighted by molar-refractivity contribution is 5.92. The average molecular weight is 211 g/mol. The first-order valence-corrected chi connectivity index (χ1v) is 4.03. The number of carboxylic acids is 1. The monoisotopic (exact) mass is 211 g/mol. The van der Waals surface area contributed by atoms with Gasteiger partial charge in [-0.1, -0.05) is 0 Å². The van der Waals surface area contributed by atoms with Crippen LogP contribution >= 0.6 is 0 Å². The van der Waals surface area contributed by atoms with Crippen LogP contribution in [0.2, 0.25) is 0 Å². The molecule has 0 saturated heterocycles. The minimum Gasteiger partial charge on any atom is -0.478 e. The van der Waals surface area contributed by atoms with E-state index in [-0.39, 0.29) is 22.3 Å². The number of aryl methyl sites for hydroxylation is 1. The van der Waals surface area contributed by atoms with Gasteiger partial charge in [-0.25, -0.2) is 13.6 Å². The topological polar surface area (TPSA) is 61.1 Å². The molecule has 0 heterocycles. The number of benzene rings is 1. The van der Waals surface area contributed by atoms with Crippen molar-refractivity contribution >= 4 is 5.97 Å². The minimum atomic E-state index is -2.71. The first-order valence-electron chi connectivity index (χ1n) is 4.03. The first-order chi connectivity index (χ1) is 6.97. The maximum absolute atomic E-state index is 12.3. The highest BCUT2D eigenvalue weighted by Gasteiger charge is 2.17. The molecule has 1 aromatic carbocycles. The van der Waals surface area contributed by atoms with Gasteiger partial charge in [0.25, 0.3) is 6.43 Å². The fourth-order valence-corrected chi connectivity index (χ4v) is 1.31. The van der Waals surface area contributed by atoms with Gasteiger partial charge >= 0.3 is 5.97 Å². The molecule has 0 unspecified atom stereocenters. The fourth-order valence-electron chi connectivity index (χ4n) is 1.31. The van der Waals surface area contributed by atoms with Crippen molar-refractivity contribution < 1.29 is 18.7 Å². The van der Waals surface area contributed by atoms with E-state index in [0.29, 0.717) is 0 Å². The van der Waals surface area contributed by atoms with Crippen LogP contribution in [0.5, 0.6) is 0 Å². The number of rotatable bonds is 2. The molecule has 1 rings (SSSR count). The summed E-state index contributed by atoms with van der Waals surface area (Å²) in [5, 5.41) is 17.4. The lowest BCUT2D eigenvalue weighted by atomic mass is 9.99. The van der Waals surface area contributed by atoms with Crippen molar-refractivity contribution in [3.63, 3.8) is 0 Å². The molecular formula is C10H7F2NO2. The Bertz CT molecular complexity index is 449. The fraction of sp³-hybridized carbons (Fsp3) is 0.200. The van der Waals surface area contributed by atoms with Gasteiger partial charge < -0.3 is 5.11 Å². The van der Waals surface area contributed by atoms with Gasteiger partial charge in [-0.05, 0) is 24.6 Å². The van der Waals surface area contributed by atoms with Crippen LogP contribution in [-0.2, 0) is 0 Å². The summed E-state index contributed by atoms with van der Waals surface area (Å²) < 4.78 is 24.7. The molecule has 1 N–H and O–H groups in total. The number of hydrogen-bond donors (Lipinski definition) is 1. The van der Waals surface area contributed by atoms with E-state index in [1.54, 1.807) is 6.07 Å². The summed E-state index contributed by atoms with van der Waals surface area (Å²) in [6, 6.07) is 3.58. The van der Waals surface area contributed by atoms with Gasteiger partial charge in [-0.2, -0.15) is 5.26 Å². The number of nitriles is 1. The molecule has 0 aliphatic rings. The molecule has 0 spiro atoms. The van der Waals surface area contributed by atoms with Crippen LogP contribution < -0.4 is 0 Å². The molecule has 5 heteroatoms. The van der Waals surface area contributed by atoms with Crippen LogP contribution in [0.1, 0.15) is 33.5 Å². The van der Waals surface area contributed by atoms with Crippen molar-refractivity contribution in [1.82, 2.24) is 0 Å². The third kappa shape index (κ3) is 2.10. The summed E-state index contributed by atoms with van der Waals surface area (Å²) in [5.41, 5.74) is -0.634. The zero-order valence-corrected chi connectivity index (χ0v) is 7.79. The molecule has 3 nitrogen and oxygen atoms in total. The van der Waals surface area contributed by atoms with Crippen LogP contribution in [-0.4, -0.2) is 11.1 Å². The van der Waals surface area contributed by atoms with E-state index in [0.717, 1.165) is 12.1 Å². The first kappa shape index (κ1) is 11.1. The summed E-state index contributed by atoms with van der Waals surface area (Å²) in [6.45, 7) is 1.39. The molecule has 0 amide bonds. The SMILES string of the molecule is Cc1cc(C(F)F)cc(C#N)c1C(=O)O. The Morgan fingerprint density at radius 2 is 2.13 bits per heavy atom. The Hall–Kier alpha value is -1.96. The number of aromatic carboxylic acids is 1. The third-order valence-electron chi connectivity index (χ3n) is 1.94. The normalized spacial score (nSPS) is 10.1. The molecule has 0 bridgehead atoms. The van der Waals surface area contributed by atoms with Gasteiger partial charge in [0, 0.05) is 5.56 Å². The van der Waals surface area contributed by atoms with Gasteiger partial charge in [0.2, 0.25) is 0 Å². The van der Waals surface area contributed by atoms with Crippen LogP contribution in [0.3, 0.4) is 0 Å². The van der Waals surface area contributed by atoms with Gasteiger partial charge in [-0.15, -0.1) is 0 Å². The summed E-state index contributed by atoms with van der Waals surface area (Å²) >= 11 is 0. The molecule has 78 valence electrons. The Morgan fingerprint density at radius 3 is 2.53 bits per heavy atom. The van der Waals surface area contributed by atoms with E-state index in [1.165, 1.54) is 6.92 Å². The van der Waals surface area contributed by atoms with Crippen molar-refractivity contribution in [2.45, 2.75) is 13.3 Å². The molecule has 0 saturated carbocycles. The zero-order valence-electron chi connectivity index (χ0n) is 7.79. The number of halogens is 2. The predicted octanol–water partition coefficient (Wildman–Crippen LogP) is 2.50. The van der Waals surface area contributed by atoms with Gasteiger partial charge in [-0.3, -0.25) is 0 Å². The molecule has 1 aromatic rings. The lowest BCUT2D eigenvalue weighted by molar-refractivity contribution is 0.0695. The van der Waals surface area contributed by atoms with E-state index in [2.05, 4.69) is 0 Å². The molecule has 0 aromatic heterocycles. The molecule has 0 aliphatic heterocycles. The van der Waals surface area contributed by atoms with Gasteiger partial charge in [0.15, 0.2) is 0 Å². The second-order valence-corrected chi connectivity index (χ2v) is 2.98. The van der Waals surface area contributed by atoms with E-state index in [4.69, 9.17) is 10.4 Å². The largest absolute Gasteiger partial charge is 0.478 e. The van der Waals surface area contributed by atoms with E-state index in [1.807, 2.05) is 0 Å². The maximum atomic E-state index is 12.3. The number of carbonyl (C=O) groups is 1. The number of alkyl halides is 2. The summed E-state index contributed by atoms with van der Waals surface area (Å²) in [7, 11) is 0. The molecule has 15 heavy (non-hydrogen) atoms. The Balaban J connectivity index is 3.46. The highest BCUT2D eigenvalue weighted by atomic mass is 19.3. The van der Waals surface area contributed by atoms with Crippen LogP contribution in [0.4, 0.5) is 8.78 Å².